The van der Waals surface area contributed by atoms with Crippen LogP contribution in [0, 0.1) is 0 Å². The second-order valence-electron chi connectivity index (χ2n) is 4.35. The van der Waals surface area contributed by atoms with Gasteiger partial charge in [-0.3, -0.25) is 4.79 Å². The van der Waals surface area contributed by atoms with Crippen molar-refractivity contribution < 1.29 is 4.79 Å². The van der Waals surface area contributed by atoms with Crippen molar-refractivity contribution in [2.45, 2.75) is 19.9 Å². The maximum absolute atomic E-state index is 11.8. The second kappa shape index (κ2) is 7.43. The summed E-state index contributed by atoms with van der Waals surface area (Å²) in [6, 6.07) is 9.34. The predicted octanol–water partition coefficient (Wildman–Crippen LogP) is 3.69. The molecule has 1 aromatic heterocycles. The molecule has 1 aromatic carbocycles. The molecule has 0 saturated heterocycles. The third-order valence-corrected chi connectivity index (χ3v) is 4.23. The third kappa shape index (κ3) is 4.07. The molecule has 0 saturated carbocycles. The zero-order valence-electron chi connectivity index (χ0n) is 11.3. The van der Waals surface area contributed by atoms with Crippen molar-refractivity contribution in [3.05, 3.63) is 51.2 Å². The maximum Gasteiger partial charge on any atom is 0.238 e. The molecule has 0 bridgehead atoms. The van der Waals surface area contributed by atoms with Crippen LogP contribution in [0.15, 0.2) is 35.7 Å². The SMILES string of the molecule is CCc1ccsc1CNCC(=O)Nc1ccccc1Cl. The molecule has 20 heavy (non-hydrogen) atoms. The van der Waals surface area contributed by atoms with Gasteiger partial charge in [0.1, 0.15) is 0 Å². The van der Waals surface area contributed by atoms with Crippen LogP contribution in [-0.4, -0.2) is 12.5 Å². The van der Waals surface area contributed by atoms with Crippen LogP contribution < -0.4 is 10.6 Å². The molecule has 0 fully saturated rings. The number of thiophene rings is 1. The highest BCUT2D eigenvalue weighted by atomic mass is 35.5. The minimum atomic E-state index is -0.0901. The lowest BCUT2D eigenvalue weighted by Gasteiger charge is -2.08. The molecule has 106 valence electrons. The van der Waals surface area contributed by atoms with Gasteiger partial charge in [0.05, 0.1) is 17.3 Å². The van der Waals surface area contributed by atoms with E-state index < -0.39 is 0 Å². The van der Waals surface area contributed by atoms with Gasteiger partial charge in [0.15, 0.2) is 0 Å². The summed E-state index contributed by atoms with van der Waals surface area (Å²) in [6.45, 7) is 3.12. The quantitative estimate of drug-likeness (QED) is 0.854. The lowest BCUT2D eigenvalue weighted by molar-refractivity contribution is -0.115. The molecule has 0 radical (unpaired) electrons. The number of anilines is 1. The molecule has 2 aromatic rings. The van der Waals surface area contributed by atoms with Gasteiger partial charge in [0, 0.05) is 11.4 Å². The average molecular weight is 309 g/mol. The molecule has 0 atom stereocenters. The minimum Gasteiger partial charge on any atom is -0.324 e. The van der Waals surface area contributed by atoms with E-state index in [1.807, 2.05) is 12.1 Å². The molecule has 1 amide bonds. The number of para-hydroxylation sites is 1. The van der Waals surface area contributed by atoms with Crippen molar-refractivity contribution in [3.63, 3.8) is 0 Å². The van der Waals surface area contributed by atoms with Gasteiger partial charge in [-0.15, -0.1) is 11.3 Å². The van der Waals surface area contributed by atoms with Gasteiger partial charge < -0.3 is 10.6 Å². The van der Waals surface area contributed by atoms with Gasteiger partial charge in [-0.2, -0.15) is 0 Å². The summed E-state index contributed by atoms with van der Waals surface area (Å²) in [4.78, 5) is 13.1. The Hall–Kier alpha value is -1.36. The van der Waals surface area contributed by atoms with Crippen LogP contribution in [0.2, 0.25) is 5.02 Å². The van der Waals surface area contributed by atoms with Crippen LogP contribution in [0.1, 0.15) is 17.4 Å². The highest BCUT2D eigenvalue weighted by Gasteiger charge is 2.06. The van der Waals surface area contributed by atoms with E-state index in [0.29, 0.717) is 10.7 Å². The van der Waals surface area contributed by atoms with Crippen LogP contribution >= 0.6 is 22.9 Å². The monoisotopic (exact) mass is 308 g/mol. The summed E-state index contributed by atoms with van der Waals surface area (Å²) in [5, 5.41) is 8.58. The van der Waals surface area contributed by atoms with Crippen molar-refractivity contribution in [3.8, 4) is 0 Å². The van der Waals surface area contributed by atoms with Gasteiger partial charge in [0.2, 0.25) is 5.91 Å². The van der Waals surface area contributed by atoms with Gasteiger partial charge in [0.25, 0.3) is 0 Å². The molecule has 1 heterocycles. The Morgan fingerprint density at radius 2 is 2.10 bits per heavy atom. The molecule has 5 heteroatoms. The molecule has 3 nitrogen and oxygen atoms in total. The van der Waals surface area contributed by atoms with Crippen molar-refractivity contribution in [1.29, 1.82) is 0 Å². The number of carbonyl (C=O) groups is 1. The number of hydrogen-bond donors (Lipinski definition) is 2. The smallest absolute Gasteiger partial charge is 0.238 e. The number of halogens is 1. The number of aryl methyl sites for hydroxylation is 1. The molecule has 2 rings (SSSR count). The van der Waals surface area contributed by atoms with E-state index in [1.165, 1.54) is 10.4 Å². The number of rotatable bonds is 6. The van der Waals surface area contributed by atoms with Gasteiger partial charge in [-0.25, -0.2) is 0 Å². The minimum absolute atomic E-state index is 0.0901. The number of nitrogens with one attached hydrogen (secondary N) is 2. The topological polar surface area (TPSA) is 41.1 Å². The normalized spacial score (nSPS) is 10.5. The predicted molar refractivity (Wildman–Crippen MR) is 85.5 cm³/mol. The van der Waals surface area contributed by atoms with E-state index in [1.54, 1.807) is 23.5 Å². The Morgan fingerprint density at radius 3 is 2.85 bits per heavy atom. The Morgan fingerprint density at radius 1 is 1.30 bits per heavy atom. The van der Waals surface area contributed by atoms with Gasteiger partial charge in [-0.1, -0.05) is 30.7 Å². The van der Waals surface area contributed by atoms with Crippen LogP contribution in [0.25, 0.3) is 0 Å². The fourth-order valence-corrected chi connectivity index (χ4v) is 3.01. The molecular formula is C15H17ClN2OS. The van der Waals surface area contributed by atoms with Crippen molar-refractivity contribution in [2.24, 2.45) is 0 Å². The molecule has 0 aliphatic heterocycles. The first-order valence-electron chi connectivity index (χ1n) is 6.51. The van der Waals surface area contributed by atoms with E-state index in [-0.39, 0.29) is 12.5 Å². The third-order valence-electron chi connectivity index (χ3n) is 2.94. The van der Waals surface area contributed by atoms with Crippen LogP contribution in [0.3, 0.4) is 0 Å². The summed E-state index contributed by atoms with van der Waals surface area (Å²) in [5.41, 5.74) is 1.99. The largest absolute Gasteiger partial charge is 0.324 e. The average Bonchev–Trinajstić information content (AvgIpc) is 2.89. The van der Waals surface area contributed by atoms with E-state index in [2.05, 4.69) is 29.0 Å². The summed E-state index contributed by atoms with van der Waals surface area (Å²) < 4.78 is 0. The Labute approximate surface area is 128 Å². The summed E-state index contributed by atoms with van der Waals surface area (Å²) in [6.07, 6.45) is 1.02. The molecular weight excluding hydrogens is 292 g/mol. The van der Waals surface area contributed by atoms with E-state index in [4.69, 9.17) is 11.6 Å². The fourth-order valence-electron chi connectivity index (χ4n) is 1.88. The molecule has 2 N–H and O–H groups in total. The Bertz CT molecular complexity index is 583. The van der Waals surface area contributed by atoms with Crippen LogP contribution in [0.4, 0.5) is 5.69 Å². The zero-order chi connectivity index (χ0) is 14.4. The van der Waals surface area contributed by atoms with Gasteiger partial charge in [-0.05, 0) is 35.6 Å². The molecule has 0 aliphatic rings. The first-order valence-corrected chi connectivity index (χ1v) is 7.76. The summed E-state index contributed by atoms with van der Waals surface area (Å²) >= 11 is 7.71. The Balaban J connectivity index is 1.80. The van der Waals surface area contributed by atoms with Crippen molar-refractivity contribution in [1.82, 2.24) is 5.32 Å². The fraction of sp³-hybridized carbons (Fsp3) is 0.267. The maximum atomic E-state index is 11.8. The van der Waals surface area contributed by atoms with E-state index >= 15 is 0 Å². The van der Waals surface area contributed by atoms with Crippen molar-refractivity contribution >= 4 is 34.5 Å². The lowest BCUT2D eigenvalue weighted by atomic mass is 10.2. The zero-order valence-corrected chi connectivity index (χ0v) is 12.9. The van der Waals surface area contributed by atoms with Gasteiger partial charge >= 0.3 is 0 Å². The molecule has 0 unspecified atom stereocenters. The standard InChI is InChI=1S/C15H17ClN2OS/c1-2-11-7-8-20-14(11)9-17-10-15(19)18-13-6-4-3-5-12(13)16/h3-8,17H,2,9-10H2,1H3,(H,18,19). The number of amides is 1. The first kappa shape index (κ1) is 15.0. The number of hydrogen-bond acceptors (Lipinski definition) is 3. The summed E-state index contributed by atoms with van der Waals surface area (Å²) in [5.74, 6) is -0.0901. The second-order valence-corrected chi connectivity index (χ2v) is 5.76. The first-order chi connectivity index (χ1) is 9.70. The highest BCUT2D eigenvalue weighted by Crippen LogP contribution is 2.20. The Kier molecular flexibility index (Phi) is 5.59. The van der Waals surface area contributed by atoms with Crippen LogP contribution in [-0.2, 0) is 17.8 Å². The van der Waals surface area contributed by atoms with E-state index in [0.717, 1.165) is 13.0 Å². The molecule has 0 aliphatic carbocycles. The van der Waals surface area contributed by atoms with E-state index in [9.17, 15) is 4.79 Å². The number of carbonyl (C=O) groups excluding carboxylic acids is 1. The highest BCUT2D eigenvalue weighted by molar-refractivity contribution is 7.10. The summed E-state index contributed by atoms with van der Waals surface area (Å²) in [7, 11) is 0. The van der Waals surface area contributed by atoms with Crippen molar-refractivity contribution in [2.75, 3.05) is 11.9 Å². The lowest BCUT2D eigenvalue weighted by Crippen LogP contribution is -2.27. The molecule has 0 spiro atoms. The number of benzene rings is 1. The van der Waals surface area contributed by atoms with Crippen LogP contribution in [0.5, 0.6) is 0 Å².